The molecule has 0 unspecified atom stereocenters. The highest BCUT2D eigenvalue weighted by Crippen LogP contribution is 2.22. The van der Waals surface area contributed by atoms with Gasteiger partial charge in [0.25, 0.3) is 11.6 Å². The highest BCUT2D eigenvalue weighted by Gasteiger charge is 2.07. The van der Waals surface area contributed by atoms with Crippen molar-refractivity contribution in [1.29, 1.82) is 0 Å². The molecule has 0 aliphatic rings. The van der Waals surface area contributed by atoms with Gasteiger partial charge in [-0.3, -0.25) is 14.9 Å². The van der Waals surface area contributed by atoms with Gasteiger partial charge in [-0.05, 0) is 37.1 Å². The Hall–Kier alpha value is -3.09. The molecule has 0 aromatic heterocycles. The molecule has 2 rings (SSSR count). The van der Waals surface area contributed by atoms with Crippen molar-refractivity contribution < 1.29 is 14.5 Å². The predicted octanol–water partition coefficient (Wildman–Crippen LogP) is 2.82. The van der Waals surface area contributed by atoms with Crippen LogP contribution in [-0.2, 0) is 4.79 Å². The van der Waals surface area contributed by atoms with Gasteiger partial charge in [0.15, 0.2) is 6.61 Å². The minimum Gasteiger partial charge on any atom is -0.483 e. The summed E-state index contributed by atoms with van der Waals surface area (Å²) in [6, 6.07) is 11.9. The Balaban J connectivity index is 1.69. The molecule has 2 aromatic rings. The van der Waals surface area contributed by atoms with Crippen LogP contribution in [0.4, 0.5) is 11.4 Å². The fraction of sp³-hybridized carbons (Fsp3) is 0.278. The van der Waals surface area contributed by atoms with Crippen molar-refractivity contribution in [3.63, 3.8) is 0 Å². The maximum absolute atomic E-state index is 11.8. The summed E-state index contributed by atoms with van der Waals surface area (Å²) in [6.07, 6.45) is 0. The number of nitrogens with zero attached hydrogens (tertiary/aromatic N) is 1. The van der Waals surface area contributed by atoms with Crippen LogP contribution in [0, 0.1) is 24.0 Å². The second-order valence-corrected chi connectivity index (χ2v) is 5.59. The molecule has 0 saturated carbocycles. The zero-order chi connectivity index (χ0) is 18.2. The summed E-state index contributed by atoms with van der Waals surface area (Å²) in [5, 5.41) is 16.4. The summed E-state index contributed by atoms with van der Waals surface area (Å²) in [5.41, 5.74) is 2.79. The van der Waals surface area contributed by atoms with Crippen LogP contribution in [0.25, 0.3) is 0 Å². The molecule has 132 valence electrons. The smallest absolute Gasteiger partial charge is 0.269 e. The molecule has 0 bridgehead atoms. The van der Waals surface area contributed by atoms with Gasteiger partial charge >= 0.3 is 0 Å². The van der Waals surface area contributed by atoms with Gasteiger partial charge in [0.05, 0.1) is 4.92 Å². The van der Waals surface area contributed by atoms with Gasteiger partial charge in [0.2, 0.25) is 0 Å². The normalized spacial score (nSPS) is 10.2. The first-order valence-electron chi connectivity index (χ1n) is 7.91. The van der Waals surface area contributed by atoms with Crippen LogP contribution < -0.4 is 15.4 Å². The Kier molecular flexibility index (Phi) is 6.33. The van der Waals surface area contributed by atoms with Crippen molar-refractivity contribution in [2.45, 2.75) is 13.8 Å². The number of nitrogens with one attached hydrogen (secondary N) is 2. The molecule has 0 heterocycles. The first-order chi connectivity index (χ1) is 12.0. The quantitative estimate of drug-likeness (QED) is 0.437. The largest absolute Gasteiger partial charge is 0.483 e. The molecule has 0 atom stereocenters. The lowest BCUT2D eigenvalue weighted by atomic mass is 10.1. The van der Waals surface area contributed by atoms with Gasteiger partial charge < -0.3 is 15.4 Å². The summed E-state index contributed by atoms with van der Waals surface area (Å²) >= 11 is 0. The van der Waals surface area contributed by atoms with Crippen LogP contribution in [0.5, 0.6) is 5.75 Å². The summed E-state index contributed by atoms with van der Waals surface area (Å²) in [7, 11) is 0. The number of hydrogen-bond acceptors (Lipinski definition) is 5. The Bertz CT molecular complexity index is 724. The average Bonchev–Trinajstić information content (AvgIpc) is 2.58. The molecule has 1 amide bonds. The fourth-order valence-electron chi connectivity index (χ4n) is 2.33. The lowest BCUT2D eigenvalue weighted by molar-refractivity contribution is -0.384. The summed E-state index contributed by atoms with van der Waals surface area (Å²) in [6.45, 7) is 4.77. The van der Waals surface area contributed by atoms with Crippen molar-refractivity contribution in [1.82, 2.24) is 5.32 Å². The molecule has 25 heavy (non-hydrogen) atoms. The molecule has 0 spiro atoms. The minimum absolute atomic E-state index is 0.0385. The maximum Gasteiger partial charge on any atom is 0.269 e. The molecule has 7 nitrogen and oxygen atoms in total. The standard InChI is InChI=1S/C18H21N3O4/c1-13-4-3-5-14(2)18(13)25-12-17(22)20-11-10-19-15-6-8-16(9-7-15)21(23)24/h3-9,19H,10-12H2,1-2H3,(H,20,22). The molecule has 2 N–H and O–H groups in total. The van der Waals surface area contributed by atoms with E-state index in [1.165, 1.54) is 12.1 Å². The second kappa shape index (κ2) is 8.68. The molecule has 0 aliphatic carbocycles. The van der Waals surface area contributed by atoms with Crippen molar-refractivity contribution in [2.24, 2.45) is 0 Å². The van der Waals surface area contributed by atoms with Gasteiger partial charge in [-0.25, -0.2) is 0 Å². The highest BCUT2D eigenvalue weighted by molar-refractivity contribution is 5.77. The third-order valence-corrected chi connectivity index (χ3v) is 3.61. The first-order valence-corrected chi connectivity index (χ1v) is 7.91. The lowest BCUT2D eigenvalue weighted by Crippen LogP contribution is -2.32. The van der Waals surface area contributed by atoms with Gasteiger partial charge in [-0.15, -0.1) is 0 Å². The highest BCUT2D eigenvalue weighted by atomic mass is 16.6. The number of benzene rings is 2. The Morgan fingerprint density at radius 3 is 2.32 bits per heavy atom. The van der Waals surface area contributed by atoms with E-state index in [4.69, 9.17) is 4.74 Å². The van der Waals surface area contributed by atoms with E-state index in [0.29, 0.717) is 13.1 Å². The Morgan fingerprint density at radius 2 is 1.72 bits per heavy atom. The molecule has 0 fully saturated rings. The molecule has 7 heteroatoms. The van der Waals surface area contributed by atoms with Crippen LogP contribution in [0.1, 0.15) is 11.1 Å². The summed E-state index contributed by atoms with van der Waals surface area (Å²) in [4.78, 5) is 22.0. The van der Waals surface area contributed by atoms with Crippen molar-refractivity contribution in [3.05, 3.63) is 63.7 Å². The van der Waals surface area contributed by atoms with E-state index in [9.17, 15) is 14.9 Å². The Labute approximate surface area is 146 Å². The maximum atomic E-state index is 11.8. The van der Waals surface area contributed by atoms with Gasteiger partial charge in [0, 0.05) is 30.9 Å². The van der Waals surface area contributed by atoms with Gasteiger partial charge in [0.1, 0.15) is 5.75 Å². The van der Waals surface area contributed by atoms with E-state index in [2.05, 4.69) is 10.6 Å². The zero-order valence-electron chi connectivity index (χ0n) is 14.2. The summed E-state index contributed by atoms with van der Waals surface area (Å²) < 4.78 is 5.58. The number of amides is 1. The molecule has 0 aliphatic heterocycles. The number of ether oxygens (including phenoxy) is 1. The number of carbonyl (C=O) groups is 1. The topological polar surface area (TPSA) is 93.5 Å². The number of anilines is 1. The van der Waals surface area contributed by atoms with Crippen molar-refractivity contribution in [3.8, 4) is 5.75 Å². The first kappa shape index (κ1) is 18.3. The SMILES string of the molecule is Cc1cccc(C)c1OCC(=O)NCCNc1ccc([N+](=O)[O-])cc1. The van der Waals surface area contributed by atoms with Crippen molar-refractivity contribution in [2.75, 3.05) is 25.0 Å². The lowest BCUT2D eigenvalue weighted by Gasteiger charge is -2.12. The third kappa shape index (κ3) is 5.49. The minimum atomic E-state index is -0.444. The third-order valence-electron chi connectivity index (χ3n) is 3.61. The van der Waals surface area contributed by atoms with Gasteiger partial charge in [-0.1, -0.05) is 18.2 Å². The second-order valence-electron chi connectivity index (χ2n) is 5.59. The van der Waals surface area contributed by atoms with E-state index < -0.39 is 4.92 Å². The number of para-hydroxylation sites is 1. The van der Waals surface area contributed by atoms with E-state index in [-0.39, 0.29) is 18.2 Å². The number of aryl methyl sites for hydroxylation is 2. The molecular weight excluding hydrogens is 322 g/mol. The number of hydrogen-bond donors (Lipinski definition) is 2. The van der Waals surface area contributed by atoms with Crippen LogP contribution in [-0.4, -0.2) is 30.5 Å². The number of non-ortho nitro benzene ring substituents is 1. The zero-order valence-corrected chi connectivity index (χ0v) is 14.2. The van der Waals surface area contributed by atoms with Crippen LogP contribution in [0.2, 0.25) is 0 Å². The van der Waals surface area contributed by atoms with E-state index in [1.807, 2.05) is 32.0 Å². The molecule has 0 saturated heterocycles. The predicted molar refractivity (Wildman–Crippen MR) is 96.0 cm³/mol. The van der Waals surface area contributed by atoms with E-state index >= 15 is 0 Å². The van der Waals surface area contributed by atoms with Crippen LogP contribution in [0.3, 0.4) is 0 Å². The number of nitro groups is 1. The van der Waals surface area contributed by atoms with Crippen LogP contribution >= 0.6 is 0 Å². The Morgan fingerprint density at radius 1 is 1.08 bits per heavy atom. The van der Waals surface area contributed by atoms with Crippen molar-refractivity contribution >= 4 is 17.3 Å². The van der Waals surface area contributed by atoms with Crippen LogP contribution in [0.15, 0.2) is 42.5 Å². The monoisotopic (exact) mass is 343 g/mol. The number of carbonyl (C=O) groups excluding carboxylic acids is 1. The fourth-order valence-corrected chi connectivity index (χ4v) is 2.33. The number of rotatable bonds is 8. The molecule has 0 radical (unpaired) electrons. The van der Waals surface area contributed by atoms with Gasteiger partial charge in [-0.2, -0.15) is 0 Å². The molecular formula is C18H21N3O4. The average molecular weight is 343 g/mol. The molecule has 2 aromatic carbocycles. The van der Waals surface area contributed by atoms with E-state index in [0.717, 1.165) is 22.6 Å². The van der Waals surface area contributed by atoms with E-state index in [1.54, 1.807) is 12.1 Å². The summed E-state index contributed by atoms with van der Waals surface area (Å²) in [5.74, 6) is 0.537. The number of nitro benzene ring substituents is 1.